The molecule has 0 aliphatic carbocycles. The number of amides is 3. The lowest BCUT2D eigenvalue weighted by atomic mass is 10.2. The van der Waals surface area contributed by atoms with E-state index in [1.807, 2.05) is 6.92 Å². The van der Waals surface area contributed by atoms with Gasteiger partial charge in [0.1, 0.15) is 5.76 Å². The smallest absolute Gasteiger partial charge is 0.251 e. The number of carbonyl (C=O) groups is 3. The second-order valence-electron chi connectivity index (χ2n) is 6.68. The molecule has 0 saturated heterocycles. The van der Waals surface area contributed by atoms with Crippen molar-refractivity contribution in [2.75, 3.05) is 23.7 Å². The molecule has 3 amide bonds. The Morgan fingerprint density at radius 2 is 1.61 bits per heavy atom. The van der Waals surface area contributed by atoms with Gasteiger partial charge in [-0.15, -0.1) is 0 Å². The molecule has 0 unspecified atom stereocenters. The lowest BCUT2D eigenvalue weighted by molar-refractivity contribution is -0.114. The summed E-state index contributed by atoms with van der Waals surface area (Å²) in [7, 11) is 0. The molecule has 31 heavy (non-hydrogen) atoms. The zero-order chi connectivity index (χ0) is 22.1. The first-order valence-electron chi connectivity index (χ1n) is 9.88. The fraction of sp³-hybridized carbons (Fsp3) is 0.174. The van der Waals surface area contributed by atoms with Crippen LogP contribution in [-0.2, 0) is 11.3 Å². The van der Waals surface area contributed by atoms with Crippen LogP contribution in [0.4, 0.5) is 11.4 Å². The van der Waals surface area contributed by atoms with Gasteiger partial charge in [0, 0.05) is 29.0 Å². The van der Waals surface area contributed by atoms with Crippen molar-refractivity contribution in [3.8, 4) is 0 Å². The Hall–Kier alpha value is -4.07. The van der Waals surface area contributed by atoms with Crippen LogP contribution in [-0.4, -0.2) is 30.8 Å². The van der Waals surface area contributed by atoms with Crippen LogP contribution in [0.25, 0.3) is 0 Å². The van der Waals surface area contributed by atoms with E-state index in [2.05, 4.69) is 21.3 Å². The molecule has 2 aromatic carbocycles. The van der Waals surface area contributed by atoms with Gasteiger partial charge in [-0.1, -0.05) is 6.07 Å². The summed E-state index contributed by atoms with van der Waals surface area (Å²) in [6.45, 7) is 2.72. The molecule has 3 aromatic rings. The molecule has 0 fully saturated rings. The third-order valence-electron chi connectivity index (χ3n) is 4.35. The van der Waals surface area contributed by atoms with Gasteiger partial charge in [0.2, 0.25) is 5.91 Å². The summed E-state index contributed by atoms with van der Waals surface area (Å²) in [5, 5.41) is 11.3. The lowest BCUT2D eigenvalue weighted by Gasteiger charge is -2.10. The minimum atomic E-state index is -0.251. The average molecular weight is 420 g/mol. The molecule has 0 atom stereocenters. The number of benzene rings is 2. The number of hydrogen-bond acceptors (Lipinski definition) is 5. The van der Waals surface area contributed by atoms with E-state index in [0.29, 0.717) is 41.4 Å². The molecule has 0 radical (unpaired) electrons. The van der Waals surface area contributed by atoms with Crippen LogP contribution in [0, 0.1) is 0 Å². The fourth-order valence-electron chi connectivity index (χ4n) is 2.81. The van der Waals surface area contributed by atoms with Crippen molar-refractivity contribution >= 4 is 29.1 Å². The van der Waals surface area contributed by atoms with Crippen molar-refractivity contribution in [1.82, 2.24) is 10.6 Å². The highest BCUT2D eigenvalue weighted by Gasteiger charge is 2.09. The van der Waals surface area contributed by atoms with E-state index < -0.39 is 0 Å². The Morgan fingerprint density at radius 1 is 0.839 bits per heavy atom. The Morgan fingerprint density at radius 3 is 2.32 bits per heavy atom. The number of nitrogens with one attached hydrogen (secondary N) is 4. The van der Waals surface area contributed by atoms with E-state index in [-0.39, 0.29) is 24.3 Å². The third kappa shape index (κ3) is 6.46. The van der Waals surface area contributed by atoms with Crippen molar-refractivity contribution in [2.45, 2.75) is 13.5 Å². The number of furan rings is 1. The largest absolute Gasteiger partial charge is 0.467 e. The first-order valence-corrected chi connectivity index (χ1v) is 9.88. The van der Waals surface area contributed by atoms with Gasteiger partial charge in [0.15, 0.2) is 0 Å². The molecule has 0 aliphatic rings. The molecule has 8 nitrogen and oxygen atoms in total. The Balaban J connectivity index is 1.49. The number of hydrogen-bond donors (Lipinski definition) is 4. The Bertz CT molecular complexity index is 1030. The third-order valence-corrected chi connectivity index (χ3v) is 4.35. The zero-order valence-electron chi connectivity index (χ0n) is 17.1. The van der Waals surface area contributed by atoms with Crippen LogP contribution < -0.4 is 21.3 Å². The topological polar surface area (TPSA) is 112 Å². The van der Waals surface area contributed by atoms with Crippen LogP contribution in [0.15, 0.2) is 71.3 Å². The first kappa shape index (κ1) is 21.6. The van der Waals surface area contributed by atoms with E-state index in [4.69, 9.17) is 4.42 Å². The number of carbonyl (C=O) groups excluding carboxylic acids is 3. The summed E-state index contributed by atoms with van der Waals surface area (Å²) in [5.74, 6) is 0.0172. The average Bonchev–Trinajstić information content (AvgIpc) is 3.31. The van der Waals surface area contributed by atoms with Gasteiger partial charge in [-0.25, -0.2) is 0 Å². The van der Waals surface area contributed by atoms with Crippen molar-refractivity contribution in [1.29, 1.82) is 0 Å². The van der Waals surface area contributed by atoms with E-state index in [9.17, 15) is 14.4 Å². The normalized spacial score (nSPS) is 10.2. The minimum Gasteiger partial charge on any atom is -0.467 e. The van der Waals surface area contributed by atoms with Gasteiger partial charge in [-0.3, -0.25) is 14.4 Å². The first-order chi connectivity index (χ1) is 15.0. The van der Waals surface area contributed by atoms with Crippen LogP contribution in [0.5, 0.6) is 0 Å². The molecule has 0 saturated carbocycles. The maximum Gasteiger partial charge on any atom is 0.251 e. The summed E-state index contributed by atoms with van der Waals surface area (Å²) in [6, 6.07) is 17.1. The molecule has 1 heterocycles. The van der Waals surface area contributed by atoms with Crippen molar-refractivity contribution < 1.29 is 18.8 Å². The SMILES string of the molecule is CCNC(=O)c1ccc(NC(=O)CNc2cccc(C(=O)NCc3ccco3)c2)cc1. The van der Waals surface area contributed by atoms with Crippen molar-refractivity contribution in [3.63, 3.8) is 0 Å². The summed E-state index contributed by atoms with van der Waals surface area (Å²) >= 11 is 0. The highest BCUT2D eigenvalue weighted by atomic mass is 16.3. The maximum atomic E-state index is 12.3. The Kier molecular flexibility index (Phi) is 7.42. The fourth-order valence-corrected chi connectivity index (χ4v) is 2.81. The van der Waals surface area contributed by atoms with Crippen LogP contribution in [0.3, 0.4) is 0 Å². The molecule has 4 N–H and O–H groups in total. The van der Waals surface area contributed by atoms with Gasteiger partial charge in [-0.2, -0.15) is 0 Å². The number of anilines is 2. The van der Waals surface area contributed by atoms with Gasteiger partial charge < -0.3 is 25.7 Å². The second kappa shape index (κ2) is 10.6. The van der Waals surface area contributed by atoms with E-state index in [0.717, 1.165) is 0 Å². The molecule has 1 aromatic heterocycles. The van der Waals surface area contributed by atoms with E-state index in [1.165, 1.54) is 0 Å². The molecule has 0 aliphatic heterocycles. The van der Waals surface area contributed by atoms with Crippen molar-refractivity contribution in [2.24, 2.45) is 0 Å². The minimum absolute atomic E-state index is 0.0234. The second-order valence-corrected chi connectivity index (χ2v) is 6.68. The van der Waals surface area contributed by atoms with E-state index in [1.54, 1.807) is 66.9 Å². The van der Waals surface area contributed by atoms with Crippen LogP contribution in [0.1, 0.15) is 33.4 Å². The zero-order valence-corrected chi connectivity index (χ0v) is 17.1. The highest BCUT2D eigenvalue weighted by Crippen LogP contribution is 2.12. The van der Waals surface area contributed by atoms with Gasteiger partial charge in [0.05, 0.1) is 19.4 Å². The van der Waals surface area contributed by atoms with Gasteiger partial charge in [0.25, 0.3) is 11.8 Å². The monoisotopic (exact) mass is 420 g/mol. The maximum absolute atomic E-state index is 12.3. The summed E-state index contributed by atoms with van der Waals surface area (Å²) in [4.78, 5) is 36.3. The predicted molar refractivity (Wildman–Crippen MR) is 118 cm³/mol. The van der Waals surface area contributed by atoms with Crippen molar-refractivity contribution in [3.05, 3.63) is 83.8 Å². The molecule has 160 valence electrons. The van der Waals surface area contributed by atoms with Crippen LogP contribution >= 0.6 is 0 Å². The summed E-state index contributed by atoms with van der Waals surface area (Å²) in [6.07, 6.45) is 1.55. The number of rotatable bonds is 9. The summed E-state index contributed by atoms with van der Waals surface area (Å²) < 4.78 is 5.19. The standard InChI is InChI=1S/C23H24N4O4/c1-2-24-22(29)16-8-10-18(11-9-16)27-21(28)15-25-19-6-3-5-17(13-19)23(30)26-14-20-7-4-12-31-20/h3-13,25H,2,14-15H2,1H3,(H,24,29)(H,26,30)(H,27,28). The molecular formula is C23H24N4O4. The molecule has 8 heteroatoms. The highest BCUT2D eigenvalue weighted by molar-refractivity contribution is 5.97. The van der Waals surface area contributed by atoms with E-state index >= 15 is 0 Å². The Labute approximate surface area is 180 Å². The summed E-state index contributed by atoms with van der Waals surface area (Å²) in [5.41, 5.74) is 2.23. The molecule has 3 rings (SSSR count). The molecule has 0 spiro atoms. The quantitative estimate of drug-likeness (QED) is 0.425. The predicted octanol–water partition coefficient (Wildman–Crippen LogP) is 3.01. The van der Waals surface area contributed by atoms with Gasteiger partial charge in [-0.05, 0) is 61.5 Å². The molecule has 0 bridgehead atoms. The van der Waals surface area contributed by atoms with Gasteiger partial charge >= 0.3 is 0 Å². The van der Waals surface area contributed by atoms with Crippen LogP contribution in [0.2, 0.25) is 0 Å². The lowest BCUT2D eigenvalue weighted by Crippen LogP contribution is -2.24. The molecular weight excluding hydrogens is 396 g/mol.